The Morgan fingerprint density at radius 3 is 2.32 bits per heavy atom. The van der Waals surface area contributed by atoms with Gasteiger partial charge in [0.25, 0.3) is 5.91 Å². The summed E-state index contributed by atoms with van der Waals surface area (Å²) in [4.78, 5) is 31.4. The van der Waals surface area contributed by atoms with Crippen LogP contribution in [0.1, 0.15) is 55.4 Å². The van der Waals surface area contributed by atoms with Gasteiger partial charge >= 0.3 is 0 Å². The lowest BCUT2D eigenvalue weighted by molar-refractivity contribution is -0.127. The lowest BCUT2D eigenvalue weighted by atomic mass is 9.86. The van der Waals surface area contributed by atoms with Crippen LogP contribution in [0.5, 0.6) is 0 Å². The predicted molar refractivity (Wildman–Crippen MR) is 96.3 cm³/mol. The highest BCUT2D eigenvalue weighted by Gasteiger charge is 2.36. The van der Waals surface area contributed by atoms with E-state index in [1.807, 2.05) is 29.9 Å². The summed E-state index contributed by atoms with van der Waals surface area (Å²) >= 11 is 0. The summed E-state index contributed by atoms with van der Waals surface area (Å²) in [6, 6.07) is 7.53. The monoisotopic (exact) mass is 339 g/mol. The third-order valence-corrected chi connectivity index (χ3v) is 4.69. The number of nitrogens with zero attached hydrogens (tertiary/aromatic N) is 3. The van der Waals surface area contributed by atoms with Gasteiger partial charge in [-0.1, -0.05) is 45.0 Å². The molecule has 0 saturated heterocycles. The van der Waals surface area contributed by atoms with E-state index >= 15 is 0 Å². The van der Waals surface area contributed by atoms with Gasteiger partial charge in [-0.15, -0.1) is 0 Å². The molecule has 0 bridgehead atoms. The fraction of sp³-hybridized carbons (Fsp3) is 0.450. The van der Waals surface area contributed by atoms with E-state index in [9.17, 15) is 9.59 Å². The average Bonchev–Trinajstić information content (AvgIpc) is 3.33. The molecule has 3 rings (SSSR count). The van der Waals surface area contributed by atoms with Crippen molar-refractivity contribution in [1.29, 1.82) is 0 Å². The fourth-order valence-electron chi connectivity index (χ4n) is 2.83. The van der Waals surface area contributed by atoms with Crippen molar-refractivity contribution in [3.63, 3.8) is 0 Å². The summed E-state index contributed by atoms with van der Waals surface area (Å²) in [5, 5.41) is 0. The molecule has 5 heteroatoms. The van der Waals surface area contributed by atoms with Gasteiger partial charge in [0.05, 0.1) is 6.54 Å². The first-order valence-electron chi connectivity index (χ1n) is 8.69. The third-order valence-electron chi connectivity index (χ3n) is 4.69. The van der Waals surface area contributed by atoms with Crippen LogP contribution in [-0.2, 0) is 23.8 Å². The first-order chi connectivity index (χ1) is 11.8. The van der Waals surface area contributed by atoms with E-state index in [-0.39, 0.29) is 11.5 Å². The first-order valence-corrected chi connectivity index (χ1v) is 8.69. The minimum absolute atomic E-state index is 0.0177. The number of Topliss-reactive ketones (excluding diaryl/α,β-unsaturated/α-hetero) is 1. The molecule has 1 saturated carbocycles. The maximum absolute atomic E-state index is 12.8. The molecule has 1 aliphatic rings. The Hall–Kier alpha value is -2.43. The molecule has 0 atom stereocenters. The number of rotatable bonds is 5. The standard InChI is InChI=1S/C20H25N3O2/c1-20(2,3)15-7-5-14(6-8-15)18(24)19(25)23(16-9-10-16)13-17-21-11-12-22(17)4/h5-8,11-12,16H,9-10,13H2,1-4H3. The van der Waals surface area contributed by atoms with Crippen molar-refractivity contribution in [2.24, 2.45) is 7.05 Å². The Morgan fingerprint density at radius 2 is 1.84 bits per heavy atom. The number of hydrogen-bond donors (Lipinski definition) is 0. The number of carbonyl (C=O) groups excluding carboxylic acids is 2. The molecule has 1 fully saturated rings. The minimum Gasteiger partial charge on any atom is -0.337 e. The number of aromatic nitrogens is 2. The number of hydrogen-bond acceptors (Lipinski definition) is 3. The van der Waals surface area contributed by atoms with Gasteiger partial charge in [0, 0.05) is 31.0 Å². The molecule has 0 unspecified atom stereocenters. The topological polar surface area (TPSA) is 55.2 Å². The second kappa shape index (κ2) is 6.47. The number of carbonyl (C=O) groups is 2. The molecule has 2 aromatic rings. The maximum atomic E-state index is 12.8. The Balaban J connectivity index is 1.78. The summed E-state index contributed by atoms with van der Waals surface area (Å²) < 4.78 is 1.88. The van der Waals surface area contributed by atoms with Crippen molar-refractivity contribution in [3.05, 3.63) is 53.6 Å². The van der Waals surface area contributed by atoms with Crippen LogP contribution >= 0.6 is 0 Å². The molecule has 132 valence electrons. The molecule has 1 heterocycles. The van der Waals surface area contributed by atoms with E-state index in [1.54, 1.807) is 23.2 Å². The van der Waals surface area contributed by atoms with Crippen LogP contribution in [0.2, 0.25) is 0 Å². The number of ketones is 1. The van der Waals surface area contributed by atoms with Crippen LogP contribution in [0, 0.1) is 0 Å². The Labute approximate surface area is 148 Å². The van der Waals surface area contributed by atoms with E-state index < -0.39 is 11.7 Å². The largest absolute Gasteiger partial charge is 0.337 e. The number of amides is 1. The highest BCUT2D eigenvalue weighted by molar-refractivity contribution is 6.42. The summed E-state index contributed by atoms with van der Waals surface area (Å²) in [5.74, 6) is -0.0910. The smallest absolute Gasteiger partial charge is 0.295 e. The Morgan fingerprint density at radius 1 is 1.20 bits per heavy atom. The van der Waals surface area contributed by atoms with Crippen LogP contribution in [-0.4, -0.2) is 32.2 Å². The Bertz CT molecular complexity index is 780. The quantitative estimate of drug-likeness (QED) is 0.621. The molecule has 1 aliphatic carbocycles. The zero-order valence-corrected chi connectivity index (χ0v) is 15.3. The highest BCUT2D eigenvalue weighted by atomic mass is 16.2. The van der Waals surface area contributed by atoms with Gasteiger partial charge in [-0.2, -0.15) is 0 Å². The zero-order valence-electron chi connectivity index (χ0n) is 15.3. The minimum atomic E-state index is -0.443. The van der Waals surface area contributed by atoms with Gasteiger partial charge in [0.2, 0.25) is 5.78 Å². The van der Waals surface area contributed by atoms with Gasteiger partial charge < -0.3 is 9.47 Å². The molecule has 1 amide bonds. The molecular weight excluding hydrogens is 314 g/mol. The molecule has 1 aromatic heterocycles. The van der Waals surface area contributed by atoms with Crippen molar-refractivity contribution in [3.8, 4) is 0 Å². The van der Waals surface area contributed by atoms with Crippen molar-refractivity contribution < 1.29 is 9.59 Å². The SMILES string of the molecule is Cn1ccnc1CN(C(=O)C(=O)c1ccc(C(C)(C)C)cc1)C1CC1. The van der Waals surface area contributed by atoms with Crippen molar-refractivity contribution in [2.45, 2.75) is 51.6 Å². The predicted octanol–water partition coefficient (Wildman–Crippen LogP) is 3.09. The van der Waals surface area contributed by atoms with E-state index in [4.69, 9.17) is 0 Å². The summed E-state index contributed by atoms with van der Waals surface area (Å²) in [7, 11) is 1.89. The zero-order chi connectivity index (χ0) is 18.2. The third kappa shape index (κ3) is 3.81. The molecule has 5 nitrogen and oxygen atoms in total. The van der Waals surface area contributed by atoms with E-state index in [1.165, 1.54) is 0 Å². The van der Waals surface area contributed by atoms with Crippen molar-refractivity contribution >= 4 is 11.7 Å². The van der Waals surface area contributed by atoms with Gasteiger partial charge in [-0.3, -0.25) is 9.59 Å². The summed E-state index contributed by atoms with van der Waals surface area (Å²) in [6.45, 7) is 6.74. The second-order valence-electron chi connectivity index (χ2n) is 7.78. The second-order valence-corrected chi connectivity index (χ2v) is 7.78. The van der Waals surface area contributed by atoms with E-state index in [0.29, 0.717) is 12.1 Å². The molecule has 25 heavy (non-hydrogen) atoms. The first kappa shape index (κ1) is 17.4. The normalized spacial score (nSPS) is 14.4. The van der Waals surface area contributed by atoms with Gasteiger partial charge in [-0.25, -0.2) is 4.98 Å². The highest BCUT2D eigenvalue weighted by Crippen LogP contribution is 2.29. The van der Waals surface area contributed by atoms with E-state index in [2.05, 4.69) is 25.8 Å². The van der Waals surface area contributed by atoms with Gasteiger partial charge in [0.15, 0.2) is 0 Å². The van der Waals surface area contributed by atoms with Crippen LogP contribution in [0.25, 0.3) is 0 Å². The fourth-order valence-corrected chi connectivity index (χ4v) is 2.83. The molecule has 0 aliphatic heterocycles. The Kier molecular flexibility index (Phi) is 4.50. The van der Waals surface area contributed by atoms with E-state index in [0.717, 1.165) is 24.2 Å². The molecule has 1 aromatic carbocycles. The number of imidazole rings is 1. The molecular formula is C20H25N3O2. The van der Waals surface area contributed by atoms with Crippen LogP contribution in [0.4, 0.5) is 0 Å². The van der Waals surface area contributed by atoms with Gasteiger partial charge in [-0.05, 0) is 23.8 Å². The van der Waals surface area contributed by atoms with Crippen LogP contribution in [0.3, 0.4) is 0 Å². The lowest BCUT2D eigenvalue weighted by Gasteiger charge is -2.22. The molecule has 0 spiro atoms. The summed E-state index contributed by atoms with van der Waals surface area (Å²) in [6.07, 6.45) is 5.45. The van der Waals surface area contributed by atoms with Crippen LogP contribution in [0.15, 0.2) is 36.7 Å². The average molecular weight is 339 g/mol. The number of benzene rings is 1. The lowest BCUT2D eigenvalue weighted by Crippen LogP contribution is -2.38. The van der Waals surface area contributed by atoms with Crippen molar-refractivity contribution in [1.82, 2.24) is 14.5 Å². The van der Waals surface area contributed by atoms with Crippen LogP contribution < -0.4 is 0 Å². The van der Waals surface area contributed by atoms with Gasteiger partial charge in [0.1, 0.15) is 5.82 Å². The number of aryl methyl sites for hydroxylation is 1. The molecule has 0 N–H and O–H groups in total. The summed E-state index contributed by atoms with van der Waals surface area (Å²) in [5.41, 5.74) is 1.61. The molecule has 0 radical (unpaired) electrons. The maximum Gasteiger partial charge on any atom is 0.295 e. The van der Waals surface area contributed by atoms with Crippen molar-refractivity contribution in [2.75, 3.05) is 0 Å².